The first kappa shape index (κ1) is 28.0. The van der Waals surface area contributed by atoms with Gasteiger partial charge in [0.25, 0.3) is 0 Å². The van der Waals surface area contributed by atoms with Gasteiger partial charge in [-0.2, -0.15) is 0 Å². The van der Waals surface area contributed by atoms with E-state index in [4.69, 9.17) is 16.6 Å². The minimum Gasteiger partial charge on any atom is -0.338 e. The molecule has 1 aliphatic rings. The smallest absolute Gasteiger partial charge is 0.138 e. The molecule has 4 aromatic rings. The predicted molar refractivity (Wildman–Crippen MR) is 169 cm³/mol. The van der Waals surface area contributed by atoms with Gasteiger partial charge in [0.15, 0.2) is 0 Å². The van der Waals surface area contributed by atoms with Crippen LogP contribution in [0.5, 0.6) is 0 Å². The highest BCUT2D eigenvalue weighted by Gasteiger charge is 2.42. The minimum atomic E-state index is 0.0984. The summed E-state index contributed by atoms with van der Waals surface area (Å²) in [5.74, 6) is 0.913. The van der Waals surface area contributed by atoms with Gasteiger partial charge in [-0.15, -0.1) is 0 Å². The number of H-pyrrole nitrogens is 1. The lowest BCUT2D eigenvalue weighted by atomic mass is 9.70. The molecule has 0 unspecified atom stereocenters. The van der Waals surface area contributed by atoms with Gasteiger partial charge in [-0.1, -0.05) is 127 Å². The zero-order valence-electron chi connectivity index (χ0n) is 24.0. The number of halogens is 1. The van der Waals surface area contributed by atoms with Crippen molar-refractivity contribution in [1.82, 2.24) is 9.97 Å². The molecule has 0 spiro atoms. The summed E-state index contributed by atoms with van der Waals surface area (Å²) in [5.41, 5.74) is 9.23. The van der Waals surface area contributed by atoms with E-state index in [0.717, 1.165) is 27.4 Å². The Kier molecular flexibility index (Phi) is 9.45. The van der Waals surface area contributed by atoms with E-state index in [0.29, 0.717) is 0 Å². The van der Waals surface area contributed by atoms with Crippen molar-refractivity contribution in [2.75, 3.05) is 0 Å². The first-order valence-electron chi connectivity index (χ1n) is 15.6. The Bertz CT molecular complexity index is 1330. The van der Waals surface area contributed by atoms with Crippen molar-refractivity contribution >= 4 is 22.6 Å². The van der Waals surface area contributed by atoms with Crippen molar-refractivity contribution in [2.45, 2.75) is 109 Å². The van der Waals surface area contributed by atoms with Crippen LogP contribution in [0, 0.1) is 0 Å². The van der Waals surface area contributed by atoms with Gasteiger partial charge in [0.05, 0.1) is 11.0 Å². The van der Waals surface area contributed by atoms with E-state index in [2.05, 4.69) is 55.2 Å². The topological polar surface area (TPSA) is 28.7 Å². The molecule has 5 rings (SSSR count). The summed E-state index contributed by atoms with van der Waals surface area (Å²) in [6.07, 6.45) is 18.5. The SMILES string of the molecule is CCCCCCCCC1(CCCCCCCC)c2ccccc2-c2cc3nc(-c4ccc(Cl)cc4)[nH]c3cc21. The zero-order chi connectivity index (χ0) is 27.1. The van der Waals surface area contributed by atoms with Gasteiger partial charge in [0.2, 0.25) is 0 Å². The van der Waals surface area contributed by atoms with Gasteiger partial charge in [-0.25, -0.2) is 4.98 Å². The minimum absolute atomic E-state index is 0.0984. The van der Waals surface area contributed by atoms with Gasteiger partial charge < -0.3 is 4.98 Å². The summed E-state index contributed by atoms with van der Waals surface area (Å²) in [4.78, 5) is 8.67. The molecule has 3 aromatic carbocycles. The molecule has 2 nitrogen and oxygen atoms in total. The second kappa shape index (κ2) is 13.2. The Morgan fingerprint density at radius 2 is 1.28 bits per heavy atom. The number of unbranched alkanes of at least 4 members (excludes halogenated alkanes) is 10. The molecule has 0 amide bonds. The van der Waals surface area contributed by atoms with Crippen molar-refractivity contribution < 1.29 is 0 Å². The fraction of sp³-hybridized carbons (Fsp3) is 0.472. The molecule has 0 radical (unpaired) electrons. The maximum Gasteiger partial charge on any atom is 0.138 e. The monoisotopic (exact) mass is 540 g/mol. The van der Waals surface area contributed by atoms with E-state index in [1.807, 2.05) is 24.3 Å². The molecule has 0 bridgehead atoms. The lowest BCUT2D eigenvalue weighted by Crippen LogP contribution is -2.25. The second-order valence-corrected chi connectivity index (χ2v) is 12.1. The lowest BCUT2D eigenvalue weighted by molar-refractivity contribution is 0.398. The van der Waals surface area contributed by atoms with E-state index in [-0.39, 0.29) is 5.41 Å². The first-order valence-corrected chi connectivity index (χ1v) is 15.9. The number of rotatable bonds is 15. The number of aromatic nitrogens is 2. The predicted octanol–water partition coefficient (Wildman–Crippen LogP) is 11.7. The number of nitrogens with zero attached hydrogens (tertiary/aromatic N) is 1. The summed E-state index contributed by atoms with van der Waals surface area (Å²) in [6, 6.07) is 22.0. The molecule has 39 heavy (non-hydrogen) atoms. The average Bonchev–Trinajstić information content (AvgIpc) is 3.49. The number of benzene rings is 3. The highest BCUT2D eigenvalue weighted by atomic mass is 35.5. The molecule has 1 aliphatic carbocycles. The van der Waals surface area contributed by atoms with Gasteiger partial charge in [-0.3, -0.25) is 0 Å². The van der Waals surface area contributed by atoms with Gasteiger partial charge in [0, 0.05) is 16.0 Å². The molecule has 206 valence electrons. The normalized spacial score (nSPS) is 13.6. The van der Waals surface area contributed by atoms with Crippen LogP contribution in [0.1, 0.15) is 115 Å². The summed E-state index contributed by atoms with van der Waals surface area (Å²) in [5, 5.41) is 0.750. The fourth-order valence-electron chi connectivity index (χ4n) is 6.78. The summed E-state index contributed by atoms with van der Waals surface area (Å²) >= 11 is 6.15. The molecular formula is C36H45ClN2. The lowest BCUT2D eigenvalue weighted by Gasteiger charge is -2.33. The van der Waals surface area contributed by atoms with Crippen molar-refractivity contribution in [3.63, 3.8) is 0 Å². The van der Waals surface area contributed by atoms with Gasteiger partial charge >= 0.3 is 0 Å². The van der Waals surface area contributed by atoms with E-state index in [1.165, 1.54) is 107 Å². The Balaban J connectivity index is 1.49. The number of imidazole rings is 1. The molecule has 3 heteroatoms. The molecule has 0 fully saturated rings. The van der Waals surface area contributed by atoms with Crippen molar-refractivity contribution in [2.24, 2.45) is 0 Å². The standard InChI is InChI=1S/C36H45ClN2/c1-3-5-7-9-11-15-23-36(24-16-12-10-8-6-4-2)31-18-14-13-17-29(31)30-25-33-34(26-32(30)36)39-35(38-33)27-19-21-28(37)22-20-27/h13-14,17-22,25-26H,3-12,15-16,23-24H2,1-2H3,(H,38,39). The van der Waals surface area contributed by atoms with Crippen molar-refractivity contribution in [1.29, 1.82) is 0 Å². The van der Waals surface area contributed by atoms with Crippen LogP contribution >= 0.6 is 11.6 Å². The highest BCUT2D eigenvalue weighted by molar-refractivity contribution is 6.30. The molecule has 0 saturated carbocycles. The Hall–Kier alpha value is -2.58. The van der Waals surface area contributed by atoms with Crippen LogP contribution in [0.15, 0.2) is 60.7 Å². The third-order valence-corrected chi connectivity index (χ3v) is 9.15. The summed E-state index contributed by atoms with van der Waals surface area (Å²) < 4.78 is 0. The van der Waals surface area contributed by atoms with E-state index < -0.39 is 0 Å². The van der Waals surface area contributed by atoms with Gasteiger partial charge in [0.1, 0.15) is 5.82 Å². The van der Waals surface area contributed by atoms with E-state index in [9.17, 15) is 0 Å². The number of aromatic amines is 1. The third kappa shape index (κ3) is 6.12. The largest absolute Gasteiger partial charge is 0.338 e. The van der Waals surface area contributed by atoms with Crippen LogP contribution in [0.3, 0.4) is 0 Å². The Morgan fingerprint density at radius 3 is 1.95 bits per heavy atom. The van der Waals surface area contributed by atoms with E-state index >= 15 is 0 Å². The molecular weight excluding hydrogens is 496 g/mol. The van der Waals surface area contributed by atoms with Crippen molar-refractivity contribution in [3.05, 3.63) is 76.8 Å². The van der Waals surface area contributed by atoms with Crippen LogP contribution in [0.25, 0.3) is 33.5 Å². The first-order chi connectivity index (χ1) is 19.2. The number of fused-ring (bicyclic) bond motifs is 4. The second-order valence-electron chi connectivity index (χ2n) is 11.7. The van der Waals surface area contributed by atoms with Crippen LogP contribution in [0.4, 0.5) is 0 Å². The number of hydrogen-bond donors (Lipinski definition) is 1. The molecule has 1 heterocycles. The molecule has 0 atom stereocenters. The fourth-order valence-corrected chi connectivity index (χ4v) is 6.90. The molecule has 1 aromatic heterocycles. The van der Waals surface area contributed by atoms with Gasteiger partial charge in [-0.05, 0) is 71.5 Å². The maximum atomic E-state index is 6.15. The quantitative estimate of drug-likeness (QED) is 0.149. The van der Waals surface area contributed by atoms with Crippen LogP contribution < -0.4 is 0 Å². The van der Waals surface area contributed by atoms with Crippen molar-refractivity contribution in [3.8, 4) is 22.5 Å². The van der Waals surface area contributed by atoms with E-state index in [1.54, 1.807) is 5.56 Å². The van der Waals surface area contributed by atoms with Crippen LogP contribution in [0.2, 0.25) is 5.02 Å². The van der Waals surface area contributed by atoms with Crippen LogP contribution in [-0.4, -0.2) is 9.97 Å². The summed E-state index contributed by atoms with van der Waals surface area (Å²) in [7, 11) is 0. The Morgan fingerprint density at radius 1 is 0.667 bits per heavy atom. The number of nitrogens with one attached hydrogen (secondary N) is 1. The average molecular weight is 541 g/mol. The number of hydrogen-bond acceptors (Lipinski definition) is 1. The maximum absolute atomic E-state index is 6.15. The zero-order valence-corrected chi connectivity index (χ0v) is 24.8. The molecule has 1 N–H and O–H groups in total. The van der Waals surface area contributed by atoms with Crippen LogP contribution in [-0.2, 0) is 5.41 Å². The third-order valence-electron chi connectivity index (χ3n) is 8.90. The highest BCUT2D eigenvalue weighted by Crippen LogP contribution is 2.55. The molecule has 0 saturated heterocycles. The summed E-state index contributed by atoms with van der Waals surface area (Å²) in [6.45, 7) is 4.60. The molecule has 0 aliphatic heterocycles. The Labute approximate surface area is 240 Å².